The Bertz CT molecular complexity index is 828. The van der Waals surface area contributed by atoms with Crippen molar-refractivity contribution in [3.63, 3.8) is 0 Å². The highest BCUT2D eigenvalue weighted by Crippen LogP contribution is 2.24. The van der Waals surface area contributed by atoms with Crippen LogP contribution >= 0.6 is 0 Å². The minimum Gasteiger partial charge on any atom is -0.423 e. The second-order valence-corrected chi connectivity index (χ2v) is 8.15. The van der Waals surface area contributed by atoms with Crippen molar-refractivity contribution in [2.24, 2.45) is 5.92 Å². The van der Waals surface area contributed by atoms with E-state index in [1.54, 1.807) is 25.1 Å². The van der Waals surface area contributed by atoms with Crippen LogP contribution in [-0.2, 0) is 14.8 Å². The number of amides is 1. The Balaban J connectivity index is 1.61. The first-order valence-electron chi connectivity index (χ1n) is 8.15. The van der Waals surface area contributed by atoms with Gasteiger partial charge in [-0.1, -0.05) is 6.07 Å². The molecule has 1 aromatic carbocycles. The third-order valence-corrected chi connectivity index (χ3v) is 6.20. The van der Waals surface area contributed by atoms with Crippen LogP contribution in [0.5, 0.6) is 0 Å². The van der Waals surface area contributed by atoms with E-state index in [1.807, 2.05) is 6.07 Å². The first-order valence-corrected chi connectivity index (χ1v) is 9.76. The minimum atomic E-state index is -3.18. The topological polar surface area (TPSA) is 105 Å². The molecule has 0 atom stereocenters. The molecule has 0 saturated carbocycles. The molecule has 1 saturated heterocycles. The summed E-state index contributed by atoms with van der Waals surface area (Å²) in [6.45, 7) is 2.40. The van der Waals surface area contributed by atoms with Gasteiger partial charge in [-0.2, -0.15) is 0 Å². The van der Waals surface area contributed by atoms with Crippen LogP contribution in [0, 0.1) is 5.92 Å². The van der Waals surface area contributed by atoms with E-state index < -0.39 is 10.0 Å². The quantitative estimate of drug-likeness (QED) is 0.866. The molecular weight excluding hydrogens is 344 g/mol. The van der Waals surface area contributed by atoms with E-state index in [9.17, 15) is 13.2 Å². The van der Waals surface area contributed by atoms with Crippen LogP contribution < -0.4 is 5.32 Å². The lowest BCUT2D eigenvalue weighted by Gasteiger charge is -2.30. The number of carbonyl (C=O) groups excluding carboxylic acids is 1. The van der Waals surface area contributed by atoms with Crippen molar-refractivity contribution in [3.05, 3.63) is 30.7 Å². The average Bonchev–Trinajstić information content (AvgIpc) is 3.17. The fourth-order valence-corrected chi connectivity index (χ4v) is 3.98. The van der Waals surface area contributed by atoms with Gasteiger partial charge in [-0.25, -0.2) is 12.7 Å². The van der Waals surface area contributed by atoms with Gasteiger partial charge in [0.25, 0.3) is 0 Å². The third kappa shape index (κ3) is 4.05. The lowest BCUT2D eigenvalue weighted by molar-refractivity contribution is -0.120. The molecular formula is C16H20N4O4S. The van der Waals surface area contributed by atoms with Gasteiger partial charge >= 0.3 is 0 Å². The summed E-state index contributed by atoms with van der Waals surface area (Å²) in [6.07, 6.45) is 2.29. The van der Waals surface area contributed by atoms with Crippen molar-refractivity contribution >= 4 is 21.6 Å². The van der Waals surface area contributed by atoms with Gasteiger partial charge in [0, 0.05) is 30.3 Å². The van der Waals surface area contributed by atoms with Crippen molar-refractivity contribution < 1.29 is 17.6 Å². The Morgan fingerprint density at radius 2 is 2.12 bits per heavy atom. The van der Waals surface area contributed by atoms with E-state index in [0.29, 0.717) is 37.5 Å². The number of hydrogen-bond acceptors (Lipinski definition) is 6. The summed E-state index contributed by atoms with van der Waals surface area (Å²) in [5.74, 6) is 0.174. The number of piperidine rings is 1. The van der Waals surface area contributed by atoms with Gasteiger partial charge in [-0.05, 0) is 38.0 Å². The molecule has 0 unspecified atom stereocenters. The lowest BCUT2D eigenvalue weighted by Crippen LogP contribution is -2.42. The SMILES string of the molecule is CCS(=O)(=O)N1CCC(C(=O)Nc2cccc(-c3nnco3)c2)CC1. The lowest BCUT2D eigenvalue weighted by atomic mass is 9.97. The normalized spacial score (nSPS) is 16.7. The van der Waals surface area contributed by atoms with Gasteiger partial charge in [-0.3, -0.25) is 4.79 Å². The molecule has 134 valence electrons. The molecule has 0 aliphatic carbocycles. The van der Waals surface area contributed by atoms with E-state index in [0.717, 1.165) is 5.56 Å². The van der Waals surface area contributed by atoms with Gasteiger partial charge in [0.15, 0.2) is 0 Å². The maximum absolute atomic E-state index is 12.5. The molecule has 0 bridgehead atoms. The summed E-state index contributed by atoms with van der Waals surface area (Å²) in [5, 5.41) is 10.4. The first kappa shape index (κ1) is 17.6. The van der Waals surface area contributed by atoms with Gasteiger partial charge < -0.3 is 9.73 Å². The van der Waals surface area contributed by atoms with E-state index in [1.165, 1.54) is 10.7 Å². The number of nitrogens with zero attached hydrogens (tertiary/aromatic N) is 3. The average molecular weight is 364 g/mol. The zero-order valence-electron chi connectivity index (χ0n) is 13.9. The maximum atomic E-state index is 12.5. The Kier molecular flexibility index (Phi) is 5.14. The number of carbonyl (C=O) groups is 1. The van der Waals surface area contributed by atoms with Crippen LogP contribution in [0.1, 0.15) is 19.8 Å². The zero-order valence-corrected chi connectivity index (χ0v) is 14.7. The smallest absolute Gasteiger partial charge is 0.247 e. The van der Waals surface area contributed by atoms with E-state index in [2.05, 4.69) is 15.5 Å². The summed E-state index contributed by atoms with van der Waals surface area (Å²) in [7, 11) is -3.18. The van der Waals surface area contributed by atoms with Crippen molar-refractivity contribution in [1.29, 1.82) is 0 Å². The molecule has 1 amide bonds. The first-order chi connectivity index (χ1) is 12.0. The molecule has 9 heteroatoms. The Hall–Kier alpha value is -2.26. The number of aromatic nitrogens is 2. The van der Waals surface area contributed by atoms with Crippen LogP contribution in [0.25, 0.3) is 11.5 Å². The van der Waals surface area contributed by atoms with Crippen LogP contribution in [0.3, 0.4) is 0 Å². The molecule has 2 heterocycles. The highest BCUT2D eigenvalue weighted by Gasteiger charge is 2.30. The van der Waals surface area contributed by atoms with Gasteiger partial charge in [0.2, 0.25) is 28.2 Å². The van der Waals surface area contributed by atoms with E-state index >= 15 is 0 Å². The second kappa shape index (κ2) is 7.32. The largest absolute Gasteiger partial charge is 0.423 e. The molecule has 3 rings (SSSR count). The molecule has 2 aromatic rings. The summed E-state index contributed by atoms with van der Waals surface area (Å²) in [6, 6.07) is 7.17. The molecule has 1 aliphatic rings. The van der Waals surface area contributed by atoms with Crippen LogP contribution in [-0.4, -0.2) is 47.7 Å². The summed E-state index contributed by atoms with van der Waals surface area (Å²) in [4.78, 5) is 12.5. The van der Waals surface area contributed by atoms with E-state index in [4.69, 9.17) is 4.42 Å². The highest BCUT2D eigenvalue weighted by atomic mass is 32.2. The Morgan fingerprint density at radius 3 is 2.76 bits per heavy atom. The summed E-state index contributed by atoms with van der Waals surface area (Å²) in [5.41, 5.74) is 1.36. The number of anilines is 1. The van der Waals surface area contributed by atoms with Crippen molar-refractivity contribution in [2.75, 3.05) is 24.2 Å². The van der Waals surface area contributed by atoms with Crippen LogP contribution in [0.4, 0.5) is 5.69 Å². The zero-order chi connectivity index (χ0) is 17.9. The fraction of sp³-hybridized carbons (Fsp3) is 0.438. The predicted molar refractivity (Wildman–Crippen MR) is 92.1 cm³/mol. The molecule has 1 N–H and O–H groups in total. The number of nitrogens with one attached hydrogen (secondary N) is 1. The number of rotatable bonds is 5. The molecule has 0 radical (unpaired) electrons. The van der Waals surface area contributed by atoms with Crippen molar-refractivity contribution in [2.45, 2.75) is 19.8 Å². The van der Waals surface area contributed by atoms with Crippen molar-refractivity contribution in [3.8, 4) is 11.5 Å². The summed E-state index contributed by atoms with van der Waals surface area (Å²) >= 11 is 0. The van der Waals surface area contributed by atoms with Gasteiger partial charge in [-0.15, -0.1) is 10.2 Å². The molecule has 1 aromatic heterocycles. The molecule has 8 nitrogen and oxygen atoms in total. The van der Waals surface area contributed by atoms with Gasteiger partial charge in [0.1, 0.15) is 0 Å². The number of benzene rings is 1. The van der Waals surface area contributed by atoms with Gasteiger partial charge in [0.05, 0.1) is 5.75 Å². The van der Waals surface area contributed by atoms with E-state index in [-0.39, 0.29) is 17.6 Å². The molecule has 1 aliphatic heterocycles. The monoisotopic (exact) mass is 364 g/mol. The molecule has 0 spiro atoms. The predicted octanol–water partition coefficient (Wildman–Crippen LogP) is 1.74. The minimum absolute atomic E-state index is 0.0896. The summed E-state index contributed by atoms with van der Waals surface area (Å²) < 4.78 is 30.4. The highest BCUT2D eigenvalue weighted by molar-refractivity contribution is 7.89. The molecule has 25 heavy (non-hydrogen) atoms. The maximum Gasteiger partial charge on any atom is 0.247 e. The Morgan fingerprint density at radius 1 is 1.36 bits per heavy atom. The number of sulfonamides is 1. The molecule has 1 fully saturated rings. The van der Waals surface area contributed by atoms with Crippen LogP contribution in [0.2, 0.25) is 0 Å². The number of hydrogen-bond donors (Lipinski definition) is 1. The van der Waals surface area contributed by atoms with Crippen LogP contribution in [0.15, 0.2) is 35.1 Å². The Labute approximate surface area is 146 Å². The fourth-order valence-electron chi connectivity index (χ4n) is 2.85. The van der Waals surface area contributed by atoms with Crippen molar-refractivity contribution in [1.82, 2.24) is 14.5 Å². The third-order valence-electron chi connectivity index (χ3n) is 4.32. The second-order valence-electron chi connectivity index (χ2n) is 5.89. The standard InChI is InChI=1S/C16H20N4O4S/c1-2-25(22,23)20-8-6-12(7-9-20)15(21)18-14-5-3-4-13(10-14)16-19-17-11-24-16/h3-5,10-12H,2,6-9H2,1H3,(H,18,21).